The number of hydrogen-bond acceptors (Lipinski definition) is 3. The largest absolute Gasteiger partial charge is 0.456 e. The van der Waals surface area contributed by atoms with Crippen molar-refractivity contribution in [1.82, 2.24) is 4.90 Å². The molecule has 1 amide bonds. The molecule has 2 heterocycles. The summed E-state index contributed by atoms with van der Waals surface area (Å²) < 4.78 is 5.73. The van der Waals surface area contributed by atoms with Crippen LogP contribution in [-0.4, -0.2) is 34.6 Å². The molecule has 1 saturated heterocycles. The predicted octanol–water partition coefficient (Wildman–Crippen LogP) is 2.78. The molecule has 0 aromatic carbocycles. The first-order chi connectivity index (χ1) is 9.56. The molecule has 1 aliphatic rings. The van der Waals surface area contributed by atoms with Gasteiger partial charge in [0.15, 0.2) is 5.76 Å². The van der Waals surface area contributed by atoms with Crippen LogP contribution in [0.15, 0.2) is 10.5 Å². The van der Waals surface area contributed by atoms with Gasteiger partial charge in [0.05, 0.1) is 6.10 Å². The van der Waals surface area contributed by atoms with E-state index in [1.807, 2.05) is 17.9 Å². The van der Waals surface area contributed by atoms with Crippen LogP contribution in [-0.2, 0) is 12.8 Å². The topological polar surface area (TPSA) is 53.7 Å². The van der Waals surface area contributed by atoms with Gasteiger partial charge in [-0.25, -0.2) is 0 Å². The zero-order chi connectivity index (χ0) is 14.7. The molecule has 2 unspecified atom stereocenters. The summed E-state index contributed by atoms with van der Waals surface area (Å²) in [6, 6.07) is 2.03. The molecule has 0 bridgehead atoms. The minimum absolute atomic E-state index is 0.0254. The fourth-order valence-corrected chi connectivity index (χ4v) is 3.05. The number of likely N-dealkylation sites (tertiary alicyclic amines) is 1. The maximum Gasteiger partial charge on any atom is 0.289 e. The number of aliphatic hydroxyl groups excluding tert-OH is 1. The average molecular weight is 279 g/mol. The van der Waals surface area contributed by atoms with Crippen molar-refractivity contribution in [2.24, 2.45) is 0 Å². The average Bonchev–Trinajstić information content (AvgIpc) is 3.03. The Balaban J connectivity index is 2.15. The Morgan fingerprint density at radius 1 is 1.50 bits per heavy atom. The zero-order valence-electron chi connectivity index (χ0n) is 12.7. The van der Waals surface area contributed by atoms with Gasteiger partial charge in [-0.2, -0.15) is 0 Å². The second-order valence-electron chi connectivity index (χ2n) is 5.65. The van der Waals surface area contributed by atoms with Gasteiger partial charge < -0.3 is 14.4 Å². The highest BCUT2D eigenvalue weighted by atomic mass is 16.4. The van der Waals surface area contributed by atoms with Crippen LogP contribution in [0.2, 0.25) is 0 Å². The van der Waals surface area contributed by atoms with E-state index in [1.54, 1.807) is 6.92 Å². The molecular formula is C16H25NO3. The Morgan fingerprint density at radius 2 is 2.25 bits per heavy atom. The van der Waals surface area contributed by atoms with Crippen molar-refractivity contribution >= 4 is 5.91 Å². The van der Waals surface area contributed by atoms with Gasteiger partial charge in [0.25, 0.3) is 5.91 Å². The van der Waals surface area contributed by atoms with Crippen molar-refractivity contribution in [3.05, 3.63) is 23.2 Å². The summed E-state index contributed by atoms with van der Waals surface area (Å²) in [5.41, 5.74) is 1.13. The van der Waals surface area contributed by atoms with Gasteiger partial charge in [0.2, 0.25) is 0 Å². The van der Waals surface area contributed by atoms with Crippen LogP contribution in [0.5, 0.6) is 0 Å². The van der Waals surface area contributed by atoms with Crippen molar-refractivity contribution in [3.63, 3.8) is 0 Å². The van der Waals surface area contributed by atoms with Crippen LogP contribution in [0, 0.1) is 0 Å². The minimum atomic E-state index is -0.373. The molecule has 2 atom stereocenters. The van der Waals surface area contributed by atoms with Crippen LogP contribution < -0.4 is 0 Å². The fraction of sp³-hybridized carbons (Fsp3) is 0.688. The van der Waals surface area contributed by atoms with E-state index in [0.29, 0.717) is 12.2 Å². The third-order valence-corrected chi connectivity index (χ3v) is 4.06. The number of aliphatic hydroxyl groups is 1. The number of rotatable bonds is 5. The Kier molecular flexibility index (Phi) is 4.86. The van der Waals surface area contributed by atoms with Crippen molar-refractivity contribution in [2.45, 2.75) is 65.0 Å². The number of aryl methyl sites for hydroxylation is 2. The van der Waals surface area contributed by atoms with Crippen molar-refractivity contribution < 1.29 is 14.3 Å². The number of carbonyl (C=O) groups excluding carboxylic acids is 1. The number of furan rings is 1. The van der Waals surface area contributed by atoms with E-state index in [1.165, 1.54) is 0 Å². The van der Waals surface area contributed by atoms with Gasteiger partial charge in [0.1, 0.15) is 5.76 Å². The quantitative estimate of drug-likeness (QED) is 0.901. The Morgan fingerprint density at radius 3 is 2.80 bits per heavy atom. The SMILES string of the molecule is CCc1cc(C(=O)N2CCCC2CC(C)O)oc1CC. The van der Waals surface area contributed by atoms with E-state index in [-0.39, 0.29) is 18.1 Å². The lowest BCUT2D eigenvalue weighted by atomic mass is 10.1. The van der Waals surface area contributed by atoms with E-state index >= 15 is 0 Å². The fourth-order valence-electron chi connectivity index (χ4n) is 3.05. The molecule has 1 fully saturated rings. The minimum Gasteiger partial charge on any atom is -0.456 e. The van der Waals surface area contributed by atoms with Crippen LogP contribution >= 0.6 is 0 Å². The first-order valence-corrected chi connectivity index (χ1v) is 7.67. The first kappa shape index (κ1) is 15.1. The van der Waals surface area contributed by atoms with Crippen molar-refractivity contribution in [2.75, 3.05) is 6.54 Å². The summed E-state index contributed by atoms with van der Waals surface area (Å²) in [5, 5.41) is 9.55. The van der Waals surface area contributed by atoms with Crippen LogP contribution in [0.4, 0.5) is 0 Å². The molecule has 1 N–H and O–H groups in total. The lowest BCUT2D eigenvalue weighted by Crippen LogP contribution is -2.37. The Hall–Kier alpha value is -1.29. The van der Waals surface area contributed by atoms with E-state index in [4.69, 9.17) is 4.42 Å². The lowest BCUT2D eigenvalue weighted by molar-refractivity contribution is 0.0649. The first-order valence-electron chi connectivity index (χ1n) is 7.67. The molecule has 2 rings (SSSR count). The molecule has 20 heavy (non-hydrogen) atoms. The molecule has 4 nitrogen and oxygen atoms in total. The smallest absolute Gasteiger partial charge is 0.289 e. The van der Waals surface area contributed by atoms with Crippen LogP contribution in [0.1, 0.15) is 61.9 Å². The highest BCUT2D eigenvalue weighted by Gasteiger charge is 2.32. The Labute approximate surface area is 120 Å². The molecule has 1 aromatic heterocycles. The summed E-state index contributed by atoms with van der Waals surface area (Å²) in [6.07, 6.45) is 3.95. The number of carbonyl (C=O) groups is 1. The van der Waals surface area contributed by atoms with Crippen molar-refractivity contribution in [1.29, 1.82) is 0 Å². The molecule has 1 aliphatic heterocycles. The Bertz CT molecular complexity index is 443. The van der Waals surface area contributed by atoms with Crippen molar-refractivity contribution in [3.8, 4) is 0 Å². The molecule has 112 valence electrons. The zero-order valence-corrected chi connectivity index (χ0v) is 12.7. The molecule has 0 radical (unpaired) electrons. The standard InChI is InChI=1S/C16H25NO3/c1-4-12-10-15(20-14(12)5-2)16(19)17-8-6-7-13(17)9-11(3)18/h10-11,13,18H,4-9H2,1-3H3. The third kappa shape index (κ3) is 3.06. The van der Waals surface area contributed by atoms with E-state index in [9.17, 15) is 9.90 Å². The summed E-state index contributed by atoms with van der Waals surface area (Å²) in [4.78, 5) is 14.5. The van der Waals surface area contributed by atoms with Gasteiger partial charge in [-0.05, 0) is 44.2 Å². The molecular weight excluding hydrogens is 254 g/mol. The highest BCUT2D eigenvalue weighted by Crippen LogP contribution is 2.26. The van der Waals surface area contributed by atoms with Gasteiger partial charge in [-0.1, -0.05) is 13.8 Å². The molecule has 0 aliphatic carbocycles. The maximum absolute atomic E-state index is 12.6. The van der Waals surface area contributed by atoms with E-state index in [2.05, 4.69) is 6.92 Å². The molecule has 4 heteroatoms. The predicted molar refractivity (Wildman–Crippen MR) is 77.8 cm³/mol. The molecule has 0 saturated carbocycles. The number of nitrogens with zero attached hydrogens (tertiary/aromatic N) is 1. The number of hydrogen-bond donors (Lipinski definition) is 1. The van der Waals surface area contributed by atoms with E-state index < -0.39 is 0 Å². The van der Waals surface area contributed by atoms with Gasteiger partial charge in [-0.3, -0.25) is 4.79 Å². The summed E-state index contributed by atoms with van der Waals surface area (Å²) in [6.45, 7) is 6.65. The van der Waals surface area contributed by atoms with Gasteiger partial charge in [-0.15, -0.1) is 0 Å². The third-order valence-electron chi connectivity index (χ3n) is 4.06. The van der Waals surface area contributed by atoms with Gasteiger partial charge in [0, 0.05) is 19.0 Å². The van der Waals surface area contributed by atoms with Crippen LogP contribution in [0.3, 0.4) is 0 Å². The highest BCUT2D eigenvalue weighted by molar-refractivity contribution is 5.92. The monoisotopic (exact) mass is 279 g/mol. The molecule has 0 spiro atoms. The maximum atomic E-state index is 12.6. The summed E-state index contributed by atoms with van der Waals surface area (Å²) in [5.74, 6) is 1.35. The number of amides is 1. The lowest BCUT2D eigenvalue weighted by Gasteiger charge is -2.24. The van der Waals surface area contributed by atoms with Gasteiger partial charge >= 0.3 is 0 Å². The second-order valence-corrected chi connectivity index (χ2v) is 5.65. The summed E-state index contributed by atoms with van der Waals surface area (Å²) >= 11 is 0. The van der Waals surface area contributed by atoms with Crippen LogP contribution in [0.25, 0.3) is 0 Å². The summed E-state index contributed by atoms with van der Waals surface area (Å²) in [7, 11) is 0. The second kappa shape index (κ2) is 6.44. The normalized spacial score (nSPS) is 20.4. The van der Waals surface area contributed by atoms with E-state index in [0.717, 1.165) is 43.6 Å². The molecule has 1 aromatic rings.